The van der Waals surface area contributed by atoms with E-state index >= 15 is 0 Å². The Bertz CT molecular complexity index is 528. The SMILES string of the molecule is CN=C(NCC1CCCN1C)Nc1cccc(OCCCOC)c1.I. The highest BCUT2D eigenvalue weighted by Gasteiger charge is 2.20. The summed E-state index contributed by atoms with van der Waals surface area (Å²) >= 11 is 0. The van der Waals surface area contributed by atoms with Crippen LogP contribution in [-0.4, -0.2) is 64.4 Å². The maximum absolute atomic E-state index is 5.73. The average Bonchev–Trinajstić information content (AvgIpc) is 3.01. The molecule has 1 aromatic carbocycles. The topological polar surface area (TPSA) is 58.1 Å². The predicted molar refractivity (Wildman–Crippen MR) is 114 cm³/mol. The molecule has 1 unspecified atom stereocenters. The lowest BCUT2D eigenvalue weighted by atomic mass is 10.2. The first-order valence-corrected chi connectivity index (χ1v) is 8.62. The van der Waals surface area contributed by atoms with Gasteiger partial charge in [-0.15, -0.1) is 24.0 Å². The number of rotatable bonds is 8. The number of aliphatic imine (C=N–C) groups is 1. The maximum Gasteiger partial charge on any atom is 0.195 e. The van der Waals surface area contributed by atoms with Crippen LogP contribution in [0.5, 0.6) is 5.75 Å². The molecule has 1 aliphatic heterocycles. The van der Waals surface area contributed by atoms with Gasteiger partial charge in [0.1, 0.15) is 5.75 Å². The Hall–Kier alpha value is -1.06. The van der Waals surface area contributed by atoms with Gasteiger partial charge in [-0.3, -0.25) is 4.99 Å². The average molecular weight is 462 g/mol. The third kappa shape index (κ3) is 7.79. The summed E-state index contributed by atoms with van der Waals surface area (Å²) in [5.41, 5.74) is 0.965. The minimum atomic E-state index is 0. The van der Waals surface area contributed by atoms with Gasteiger partial charge in [0, 0.05) is 51.5 Å². The van der Waals surface area contributed by atoms with E-state index in [4.69, 9.17) is 9.47 Å². The normalized spacial score (nSPS) is 17.9. The fraction of sp³-hybridized carbons (Fsp3) is 0.611. The molecular weight excluding hydrogens is 431 g/mol. The van der Waals surface area contributed by atoms with E-state index < -0.39 is 0 Å². The molecular formula is C18H31IN4O2. The number of benzene rings is 1. The maximum atomic E-state index is 5.73. The fourth-order valence-corrected chi connectivity index (χ4v) is 2.82. The van der Waals surface area contributed by atoms with Crippen molar-refractivity contribution in [3.63, 3.8) is 0 Å². The van der Waals surface area contributed by atoms with Crippen molar-refractivity contribution in [3.8, 4) is 5.75 Å². The van der Waals surface area contributed by atoms with Gasteiger partial charge in [-0.2, -0.15) is 0 Å². The summed E-state index contributed by atoms with van der Waals surface area (Å²) in [5, 5.41) is 6.73. The second-order valence-electron chi connectivity index (χ2n) is 6.08. The summed E-state index contributed by atoms with van der Waals surface area (Å²) in [5.74, 6) is 1.63. The third-order valence-corrected chi connectivity index (χ3v) is 4.26. The molecule has 1 saturated heterocycles. The van der Waals surface area contributed by atoms with Crippen LogP contribution in [0.25, 0.3) is 0 Å². The standard InChI is InChI=1S/C18H30N4O2.HI/c1-19-18(20-14-16-8-5-10-22(16)2)21-15-7-4-9-17(13-15)24-12-6-11-23-3;/h4,7,9,13,16H,5-6,8,10-12,14H2,1-3H3,(H2,19,20,21);1H. The predicted octanol–water partition coefficient (Wildman–Crippen LogP) is 2.80. The minimum Gasteiger partial charge on any atom is -0.493 e. The van der Waals surface area contributed by atoms with E-state index in [0.717, 1.165) is 30.4 Å². The molecule has 0 bridgehead atoms. The van der Waals surface area contributed by atoms with Crippen molar-refractivity contribution in [3.05, 3.63) is 24.3 Å². The molecule has 1 heterocycles. The quantitative estimate of drug-likeness (QED) is 0.269. The van der Waals surface area contributed by atoms with Crippen molar-refractivity contribution in [1.82, 2.24) is 10.2 Å². The Morgan fingerprint density at radius 3 is 2.88 bits per heavy atom. The number of nitrogens with zero attached hydrogens (tertiary/aromatic N) is 2. The number of methoxy groups -OCH3 is 1. The van der Waals surface area contributed by atoms with Crippen LogP contribution < -0.4 is 15.4 Å². The first-order valence-electron chi connectivity index (χ1n) is 8.62. The van der Waals surface area contributed by atoms with E-state index in [1.807, 2.05) is 24.3 Å². The number of halogens is 1. The van der Waals surface area contributed by atoms with Gasteiger partial charge < -0.3 is 25.0 Å². The van der Waals surface area contributed by atoms with Crippen molar-refractivity contribution < 1.29 is 9.47 Å². The van der Waals surface area contributed by atoms with Crippen LogP contribution in [0, 0.1) is 0 Å². The molecule has 7 heteroatoms. The van der Waals surface area contributed by atoms with E-state index in [0.29, 0.717) is 19.3 Å². The van der Waals surface area contributed by atoms with Crippen LogP contribution >= 0.6 is 24.0 Å². The van der Waals surface area contributed by atoms with Crippen LogP contribution in [0.15, 0.2) is 29.3 Å². The van der Waals surface area contributed by atoms with Gasteiger partial charge in [0.15, 0.2) is 5.96 Å². The smallest absolute Gasteiger partial charge is 0.195 e. The molecule has 2 N–H and O–H groups in total. The Morgan fingerprint density at radius 1 is 1.36 bits per heavy atom. The number of likely N-dealkylation sites (N-methyl/N-ethyl adjacent to an activating group) is 1. The van der Waals surface area contributed by atoms with E-state index in [9.17, 15) is 0 Å². The Labute approximate surface area is 168 Å². The summed E-state index contributed by atoms with van der Waals surface area (Å²) < 4.78 is 10.8. The van der Waals surface area contributed by atoms with Crippen LogP contribution in [0.3, 0.4) is 0 Å². The molecule has 0 aromatic heterocycles. The fourth-order valence-electron chi connectivity index (χ4n) is 2.82. The van der Waals surface area contributed by atoms with Crippen LogP contribution in [0.4, 0.5) is 5.69 Å². The molecule has 1 aliphatic rings. The summed E-state index contributed by atoms with van der Waals surface area (Å²) in [6, 6.07) is 8.52. The molecule has 0 saturated carbocycles. The highest BCUT2D eigenvalue weighted by atomic mass is 127. The molecule has 2 rings (SSSR count). The molecule has 142 valence electrons. The molecule has 0 amide bonds. The Balaban J connectivity index is 0.00000312. The van der Waals surface area contributed by atoms with Gasteiger partial charge in [-0.25, -0.2) is 0 Å². The van der Waals surface area contributed by atoms with Crippen molar-refractivity contribution in [2.24, 2.45) is 4.99 Å². The van der Waals surface area contributed by atoms with Gasteiger partial charge in [0.05, 0.1) is 6.61 Å². The molecule has 1 aromatic rings. The van der Waals surface area contributed by atoms with Crippen LogP contribution in [-0.2, 0) is 4.74 Å². The van der Waals surface area contributed by atoms with Gasteiger partial charge >= 0.3 is 0 Å². The number of likely N-dealkylation sites (tertiary alicyclic amines) is 1. The molecule has 1 atom stereocenters. The van der Waals surface area contributed by atoms with Crippen molar-refractivity contribution in [2.45, 2.75) is 25.3 Å². The molecule has 1 fully saturated rings. The molecule has 0 spiro atoms. The summed E-state index contributed by atoms with van der Waals surface area (Å²) in [7, 11) is 5.67. The minimum absolute atomic E-state index is 0. The lowest BCUT2D eigenvalue weighted by Crippen LogP contribution is -2.40. The number of hydrogen-bond acceptors (Lipinski definition) is 4. The van der Waals surface area contributed by atoms with E-state index in [1.54, 1.807) is 14.2 Å². The highest BCUT2D eigenvalue weighted by molar-refractivity contribution is 14.0. The monoisotopic (exact) mass is 462 g/mol. The van der Waals surface area contributed by atoms with Crippen molar-refractivity contribution in [2.75, 3.05) is 52.8 Å². The van der Waals surface area contributed by atoms with Gasteiger partial charge in [-0.05, 0) is 38.6 Å². The molecule has 25 heavy (non-hydrogen) atoms. The highest BCUT2D eigenvalue weighted by Crippen LogP contribution is 2.18. The van der Waals surface area contributed by atoms with Crippen LogP contribution in [0.2, 0.25) is 0 Å². The van der Waals surface area contributed by atoms with E-state index in [-0.39, 0.29) is 24.0 Å². The lowest BCUT2D eigenvalue weighted by Gasteiger charge is -2.21. The van der Waals surface area contributed by atoms with Gasteiger partial charge in [0.25, 0.3) is 0 Å². The van der Waals surface area contributed by atoms with E-state index in [2.05, 4.69) is 27.6 Å². The number of ether oxygens (including phenoxy) is 2. The zero-order chi connectivity index (χ0) is 17.2. The number of anilines is 1. The largest absolute Gasteiger partial charge is 0.493 e. The van der Waals surface area contributed by atoms with E-state index in [1.165, 1.54) is 19.4 Å². The molecule has 0 aliphatic carbocycles. The first kappa shape index (κ1) is 22.0. The Morgan fingerprint density at radius 2 is 2.20 bits per heavy atom. The molecule has 6 nitrogen and oxygen atoms in total. The third-order valence-electron chi connectivity index (χ3n) is 4.26. The lowest BCUT2D eigenvalue weighted by molar-refractivity contribution is 0.172. The van der Waals surface area contributed by atoms with Crippen molar-refractivity contribution in [1.29, 1.82) is 0 Å². The zero-order valence-corrected chi connectivity index (χ0v) is 17.8. The number of nitrogens with one attached hydrogen (secondary N) is 2. The first-order chi connectivity index (χ1) is 11.7. The number of hydrogen-bond donors (Lipinski definition) is 2. The van der Waals surface area contributed by atoms with Gasteiger partial charge in [-0.1, -0.05) is 6.07 Å². The second-order valence-corrected chi connectivity index (χ2v) is 6.08. The second kappa shape index (κ2) is 12.3. The van der Waals surface area contributed by atoms with Crippen molar-refractivity contribution >= 4 is 35.6 Å². The van der Waals surface area contributed by atoms with Gasteiger partial charge in [0.2, 0.25) is 0 Å². The summed E-state index contributed by atoms with van der Waals surface area (Å²) in [4.78, 5) is 6.70. The van der Waals surface area contributed by atoms with Crippen LogP contribution in [0.1, 0.15) is 19.3 Å². The number of guanidine groups is 1. The summed E-state index contributed by atoms with van der Waals surface area (Å²) in [6.45, 7) is 3.45. The zero-order valence-electron chi connectivity index (χ0n) is 15.5. The Kier molecular flexibility index (Phi) is 10.8. The summed E-state index contributed by atoms with van der Waals surface area (Å²) in [6.07, 6.45) is 3.40. The molecule has 0 radical (unpaired) electrons.